The lowest BCUT2D eigenvalue weighted by molar-refractivity contribution is -0.383. The number of nitrogens with one attached hydrogen (secondary N) is 2. The van der Waals surface area contributed by atoms with E-state index < -0.39 is 4.92 Å². The monoisotopic (exact) mass is 353 g/mol. The van der Waals surface area contributed by atoms with Crippen LogP contribution in [0.25, 0.3) is 10.9 Å². The van der Waals surface area contributed by atoms with E-state index in [9.17, 15) is 10.1 Å². The molecule has 8 heteroatoms. The van der Waals surface area contributed by atoms with E-state index in [1.165, 1.54) is 12.4 Å². The molecule has 0 atom stereocenters. The third-order valence-electron chi connectivity index (χ3n) is 3.94. The van der Waals surface area contributed by atoms with Crippen molar-refractivity contribution in [2.45, 2.75) is 13.5 Å². The lowest BCUT2D eigenvalue weighted by atomic mass is 10.1. The van der Waals surface area contributed by atoms with Gasteiger partial charge >= 0.3 is 0 Å². The zero-order valence-corrected chi connectivity index (χ0v) is 14.5. The number of ether oxygens (including phenoxy) is 1. The summed E-state index contributed by atoms with van der Waals surface area (Å²) in [5.74, 6) is 1.34. The van der Waals surface area contributed by atoms with Crippen molar-refractivity contribution >= 4 is 28.1 Å². The summed E-state index contributed by atoms with van der Waals surface area (Å²) in [4.78, 5) is 19.5. The summed E-state index contributed by atoms with van der Waals surface area (Å²) in [7, 11) is 1.62. The molecule has 3 rings (SSSR count). The van der Waals surface area contributed by atoms with Crippen molar-refractivity contribution in [2.24, 2.45) is 0 Å². The Morgan fingerprint density at radius 2 is 1.92 bits per heavy atom. The Morgan fingerprint density at radius 3 is 2.58 bits per heavy atom. The third kappa shape index (κ3) is 3.64. The quantitative estimate of drug-likeness (QED) is 0.494. The first kappa shape index (κ1) is 17.4. The van der Waals surface area contributed by atoms with Gasteiger partial charge in [0.05, 0.1) is 17.5 Å². The molecular weight excluding hydrogens is 334 g/mol. The van der Waals surface area contributed by atoms with Crippen molar-refractivity contribution in [3.05, 3.63) is 58.4 Å². The fourth-order valence-electron chi connectivity index (χ4n) is 2.64. The number of nitrogens with zero attached hydrogens (tertiary/aromatic N) is 3. The van der Waals surface area contributed by atoms with Crippen LogP contribution in [0.2, 0.25) is 0 Å². The molecule has 0 saturated carbocycles. The molecule has 2 N–H and O–H groups in total. The molecule has 134 valence electrons. The minimum atomic E-state index is -0.405. The summed E-state index contributed by atoms with van der Waals surface area (Å²) in [6.45, 7) is 2.99. The largest absolute Gasteiger partial charge is 0.497 e. The summed E-state index contributed by atoms with van der Waals surface area (Å²) in [6, 6.07) is 10.8. The van der Waals surface area contributed by atoms with Crippen LogP contribution in [0.3, 0.4) is 0 Å². The maximum Gasteiger partial charge on any atom is 0.293 e. The lowest BCUT2D eigenvalue weighted by Crippen LogP contribution is -2.05. The van der Waals surface area contributed by atoms with Gasteiger partial charge in [0.2, 0.25) is 0 Å². The third-order valence-corrected chi connectivity index (χ3v) is 3.94. The molecule has 0 fully saturated rings. The maximum atomic E-state index is 11.4. The number of anilines is 2. The Kier molecular flexibility index (Phi) is 5.12. The maximum absolute atomic E-state index is 11.4. The summed E-state index contributed by atoms with van der Waals surface area (Å²) >= 11 is 0. The highest BCUT2D eigenvalue weighted by Gasteiger charge is 2.17. The van der Waals surface area contributed by atoms with Gasteiger partial charge in [-0.25, -0.2) is 9.97 Å². The summed E-state index contributed by atoms with van der Waals surface area (Å²) < 4.78 is 5.15. The highest BCUT2D eigenvalue weighted by atomic mass is 16.6. The van der Waals surface area contributed by atoms with Crippen LogP contribution in [0.15, 0.2) is 42.7 Å². The van der Waals surface area contributed by atoms with Gasteiger partial charge in [-0.15, -0.1) is 0 Å². The number of aromatic nitrogens is 2. The van der Waals surface area contributed by atoms with Gasteiger partial charge in [0.25, 0.3) is 5.69 Å². The molecule has 0 aliphatic carbocycles. The van der Waals surface area contributed by atoms with Crippen LogP contribution in [0.5, 0.6) is 5.75 Å². The van der Waals surface area contributed by atoms with E-state index in [-0.39, 0.29) is 5.69 Å². The molecule has 0 spiro atoms. The molecule has 0 radical (unpaired) electrons. The van der Waals surface area contributed by atoms with E-state index in [0.717, 1.165) is 11.3 Å². The van der Waals surface area contributed by atoms with Crippen LogP contribution >= 0.6 is 0 Å². The molecule has 0 saturated heterocycles. The molecule has 0 amide bonds. The standard InChI is InChI=1S/C18H19N5O3/c1-3-19-16-9-15-14(8-17(16)23(24)25)18(22-11-21-15)20-10-12-4-6-13(26-2)7-5-12/h4-9,11,19H,3,10H2,1-2H3,(H,20,21,22). The second-order valence-corrected chi connectivity index (χ2v) is 5.60. The predicted molar refractivity (Wildman–Crippen MR) is 101 cm³/mol. The second kappa shape index (κ2) is 7.64. The SMILES string of the molecule is CCNc1cc2ncnc(NCc3ccc(OC)cc3)c2cc1[N+](=O)[O-]. The van der Waals surface area contributed by atoms with Crippen molar-refractivity contribution in [1.82, 2.24) is 9.97 Å². The molecule has 1 heterocycles. The van der Waals surface area contributed by atoms with Gasteiger partial charge in [-0.1, -0.05) is 12.1 Å². The number of hydrogen-bond acceptors (Lipinski definition) is 7. The van der Waals surface area contributed by atoms with Crippen molar-refractivity contribution in [1.29, 1.82) is 0 Å². The van der Waals surface area contributed by atoms with Gasteiger partial charge in [0.1, 0.15) is 23.6 Å². The molecule has 0 aliphatic heterocycles. The number of hydrogen-bond donors (Lipinski definition) is 2. The Hall–Kier alpha value is -3.42. The van der Waals surface area contributed by atoms with E-state index in [0.29, 0.717) is 35.5 Å². The first-order chi connectivity index (χ1) is 12.6. The summed E-state index contributed by atoms with van der Waals surface area (Å²) in [6.07, 6.45) is 1.44. The predicted octanol–water partition coefficient (Wildman–Crippen LogP) is 3.59. The highest BCUT2D eigenvalue weighted by Crippen LogP contribution is 2.32. The normalized spacial score (nSPS) is 10.5. The molecule has 2 aromatic carbocycles. The number of methoxy groups -OCH3 is 1. The lowest BCUT2D eigenvalue weighted by Gasteiger charge is -2.11. The first-order valence-corrected chi connectivity index (χ1v) is 8.16. The topological polar surface area (TPSA) is 102 Å². The zero-order valence-electron chi connectivity index (χ0n) is 14.5. The molecular formula is C18H19N5O3. The molecule has 8 nitrogen and oxygen atoms in total. The van der Waals surface area contributed by atoms with Crippen LogP contribution in [0.1, 0.15) is 12.5 Å². The van der Waals surface area contributed by atoms with Crippen molar-refractivity contribution in [2.75, 3.05) is 24.3 Å². The van der Waals surface area contributed by atoms with E-state index in [2.05, 4.69) is 20.6 Å². The van der Waals surface area contributed by atoms with Gasteiger partial charge in [-0.3, -0.25) is 10.1 Å². The Labute approximate surface area is 150 Å². The Morgan fingerprint density at radius 1 is 1.15 bits per heavy atom. The Bertz CT molecular complexity index is 928. The second-order valence-electron chi connectivity index (χ2n) is 5.60. The van der Waals surface area contributed by atoms with E-state index in [1.807, 2.05) is 31.2 Å². The van der Waals surface area contributed by atoms with Gasteiger partial charge in [0.15, 0.2) is 0 Å². The molecule has 26 heavy (non-hydrogen) atoms. The van der Waals surface area contributed by atoms with Crippen LogP contribution in [0, 0.1) is 10.1 Å². The molecule has 1 aromatic heterocycles. The minimum absolute atomic E-state index is 0.00153. The van der Waals surface area contributed by atoms with Gasteiger partial charge < -0.3 is 15.4 Å². The fourth-order valence-corrected chi connectivity index (χ4v) is 2.64. The average Bonchev–Trinajstić information content (AvgIpc) is 2.66. The molecule has 0 bridgehead atoms. The van der Waals surface area contributed by atoms with Crippen LogP contribution < -0.4 is 15.4 Å². The average molecular weight is 353 g/mol. The van der Waals surface area contributed by atoms with Gasteiger partial charge in [0, 0.05) is 24.5 Å². The summed E-state index contributed by atoms with van der Waals surface area (Å²) in [5, 5.41) is 18.2. The zero-order chi connectivity index (χ0) is 18.5. The number of nitro groups is 1. The summed E-state index contributed by atoms with van der Waals surface area (Å²) in [5.41, 5.74) is 2.13. The first-order valence-electron chi connectivity index (χ1n) is 8.16. The van der Waals surface area contributed by atoms with Crippen molar-refractivity contribution in [3.63, 3.8) is 0 Å². The number of fused-ring (bicyclic) bond motifs is 1. The van der Waals surface area contributed by atoms with E-state index >= 15 is 0 Å². The van der Waals surface area contributed by atoms with Crippen LogP contribution in [-0.4, -0.2) is 28.5 Å². The highest BCUT2D eigenvalue weighted by molar-refractivity contribution is 5.94. The van der Waals surface area contributed by atoms with Gasteiger partial charge in [-0.05, 0) is 30.7 Å². The molecule has 0 aliphatic rings. The molecule has 3 aromatic rings. The van der Waals surface area contributed by atoms with Gasteiger partial charge in [-0.2, -0.15) is 0 Å². The molecule has 0 unspecified atom stereocenters. The number of nitro benzene ring substituents is 1. The number of rotatable bonds is 7. The smallest absolute Gasteiger partial charge is 0.293 e. The van der Waals surface area contributed by atoms with E-state index in [4.69, 9.17) is 4.74 Å². The van der Waals surface area contributed by atoms with Crippen LogP contribution in [0.4, 0.5) is 17.2 Å². The minimum Gasteiger partial charge on any atom is -0.497 e. The van der Waals surface area contributed by atoms with Crippen molar-refractivity contribution in [3.8, 4) is 5.75 Å². The van der Waals surface area contributed by atoms with Crippen molar-refractivity contribution < 1.29 is 9.66 Å². The fraction of sp³-hybridized carbons (Fsp3) is 0.222. The number of benzene rings is 2. The van der Waals surface area contributed by atoms with Crippen LogP contribution in [-0.2, 0) is 6.54 Å². The van der Waals surface area contributed by atoms with E-state index in [1.54, 1.807) is 13.2 Å². The Balaban J connectivity index is 1.92.